The highest BCUT2D eigenvalue weighted by Gasteiger charge is 2.28. The fraction of sp³-hybridized carbons (Fsp3) is 0.316. The highest BCUT2D eigenvalue weighted by Crippen LogP contribution is 2.22. The van der Waals surface area contributed by atoms with Crippen molar-refractivity contribution >= 4 is 23.4 Å². The van der Waals surface area contributed by atoms with Gasteiger partial charge in [-0.25, -0.2) is 0 Å². The molecule has 0 radical (unpaired) electrons. The number of benzene rings is 1. The third-order valence-electron chi connectivity index (χ3n) is 4.47. The Labute approximate surface area is 152 Å². The summed E-state index contributed by atoms with van der Waals surface area (Å²) < 4.78 is 0. The van der Waals surface area contributed by atoms with E-state index in [9.17, 15) is 9.59 Å². The van der Waals surface area contributed by atoms with E-state index < -0.39 is 0 Å². The molecule has 25 heavy (non-hydrogen) atoms. The molecule has 1 N–H and O–H groups in total. The number of amides is 2. The summed E-state index contributed by atoms with van der Waals surface area (Å²) in [5, 5.41) is 3.42. The van der Waals surface area contributed by atoms with Crippen LogP contribution in [0.4, 0.5) is 0 Å². The summed E-state index contributed by atoms with van der Waals surface area (Å²) >= 11 is 6.10. The van der Waals surface area contributed by atoms with Gasteiger partial charge in [0.05, 0.1) is 10.6 Å². The zero-order valence-electron chi connectivity index (χ0n) is 13.8. The van der Waals surface area contributed by atoms with Crippen LogP contribution in [0.1, 0.15) is 28.8 Å². The third-order valence-corrected chi connectivity index (χ3v) is 4.80. The van der Waals surface area contributed by atoms with Crippen LogP contribution >= 0.6 is 11.6 Å². The number of aromatic nitrogens is 1. The maximum atomic E-state index is 12.5. The number of nitrogens with one attached hydrogen (secondary N) is 1. The molecule has 5 nitrogen and oxygen atoms in total. The van der Waals surface area contributed by atoms with Gasteiger partial charge in [0.1, 0.15) is 0 Å². The first kappa shape index (κ1) is 17.4. The number of carbonyl (C=O) groups is 2. The van der Waals surface area contributed by atoms with Crippen LogP contribution in [-0.2, 0) is 11.3 Å². The van der Waals surface area contributed by atoms with Crippen LogP contribution in [-0.4, -0.2) is 34.8 Å². The van der Waals surface area contributed by atoms with Crippen LogP contribution in [0.2, 0.25) is 5.02 Å². The summed E-state index contributed by atoms with van der Waals surface area (Å²) in [6.45, 7) is 1.63. The van der Waals surface area contributed by atoms with Gasteiger partial charge in [0.15, 0.2) is 0 Å². The number of rotatable bonds is 4. The van der Waals surface area contributed by atoms with Crippen molar-refractivity contribution in [3.8, 4) is 0 Å². The largest absolute Gasteiger partial charge is 0.352 e. The lowest BCUT2D eigenvalue weighted by Gasteiger charge is -2.31. The monoisotopic (exact) mass is 357 g/mol. The Morgan fingerprint density at radius 3 is 2.48 bits per heavy atom. The number of hydrogen-bond acceptors (Lipinski definition) is 3. The predicted molar refractivity (Wildman–Crippen MR) is 96.2 cm³/mol. The van der Waals surface area contributed by atoms with Crippen LogP contribution in [0.25, 0.3) is 0 Å². The molecule has 0 bridgehead atoms. The standard InChI is InChI=1S/C19H20ClN3O2/c20-17-4-2-1-3-16(17)19(25)23-11-7-15(8-12-23)18(24)22-13-14-5-9-21-10-6-14/h1-6,9-10,15H,7-8,11-13H2,(H,22,24). The minimum atomic E-state index is -0.0683. The van der Waals surface area contributed by atoms with Crippen LogP contribution in [0.5, 0.6) is 0 Å². The average Bonchev–Trinajstić information content (AvgIpc) is 2.67. The normalized spacial score (nSPS) is 15.0. The number of hydrogen-bond donors (Lipinski definition) is 1. The van der Waals surface area contributed by atoms with E-state index in [1.54, 1.807) is 41.6 Å². The summed E-state index contributed by atoms with van der Waals surface area (Å²) in [5.41, 5.74) is 1.54. The molecule has 1 saturated heterocycles. The molecule has 3 rings (SSSR count). The Bertz CT molecular complexity index is 743. The molecule has 6 heteroatoms. The fourth-order valence-electron chi connectivity index (χ4n) is 2.98. The molecule has 0 atom stereocenters. The van der Waals surface area contributed by atoms with E-state index in [0.717, 1.165) is 5.56 Å². The van der Waals surface area contributed by atoms with Gasteiger partial charge in [0, 0.05) is 37.9 Å². The molecular weight excluding hydrogens is 338 g/mol. The van der Waals surface area contributed by atoms with Crippen molar-refractivity contribution in [2.24, 2.45) is 5.92 Å². The molecule has 1 aromatic heterocycles. The van der Waals surface area contributed by atoms with Gasteiger partial charge < -0.3 is 10.2 Å². The second kappa shape index (κ2) is 8.12. The average molecular weight is 358 g/mol. The summed E-state index contributed by atoms with van der Waals surface area (Å²) in [6.07, 6.45) is 4.75. The van der Waals surface area contributed by atoms with E-state index >= 15 is 0 Å². The Morgan fingerprint density at radius 1 is 1.12 bits per heavy atom. The first-order valence-corrected chi connectivity index (χ1v) is 8.73. The second-order valence-corrected chi connectivity index (χ2v) is 6.53. The number of nitrogens with zero attached hydrogens (tertiary/aromatic N) is 2. The highest BCUT2D eigenvalue weighted by molar-refractivity contribution is 6.33. The maximum Gasteiger partial charge on any atom is 0.255 e. The van der Waals surface area contributed by atoms with Gasteiger partial charge in [0.25, 0.3) is 5.91 Å². The summed E-state index contributed by atoms with van der Waals surface area (Å²) in [5.74, 6) is -0.0833. The van der Waals surface area contributed by atoms with Gasteiger partial charge in [-0.15, -0.1) is 0 Å². The maximum absolute atomic E-state index is 12.5. The minimum Gasteiger partial charge on any atom is -0.352 e. The molecule has 2 aromatic rings. The van der Waals surface area contributed by atoms with Crippen LogP contribution in [0.3, 0.4) is 0 Å². The van der Waals surface area contributed by atoms with E-state index in [0.29, 0.717) is 43.1 Å². The van der Waals surface area contributed by atoms with E-state index in [2.05, 4.69) is 10.3 Å². The van der Waals surface area contributed by atoms with Crippen molar-refractivity contribution in [3.63, 3.8) is 0 Å². The summed E-state index contributed by atoms with van der Waals surface area (Å²) in [6, 6.07) is 10.8. The Balaban J connectivity index is 1.50. The zero-order valence-corrected chi connectivity index (χ0v) is 14.6. The van der Waals surface area contributed by atoms with Crippen molar-refractivity contribution in [1.82, 2.24) is 15.2 Å². The molecule has 1 aliphatic rings. The zero-order chi connectivity index (χ0) is 17.6. The van der Waals surface area contributed by atoms with E-state index in [1.807, 2.05) is 12.1 Å². The van der Waals surface area contributed by atoms with Gasteiger partial charge >= 0.3 is 0 Å². The molecule has 2 heterocycles. The quantitative estimate of drug-likeness (QED) is 0.915. The smallest absolute Gasteiger partial charge is 0.255 e. The molecule has 1 aliphatic heterocycles. The van der Waals surface area contributed by atoms with Crippen molar-refractivity contribution in [2.45, 2.75) is 19.4 Å². The molecular formula is C19H20ClN3O2. The number of likely N-dealkylation sites (tertiary alicyclic amines) is 1. The van der Waals surface area contributed by atoms with Crippen LogP contribution < -0.4 is 5.32 Å². The summed E-state index contributed by atoms with van der Waals surface area (Å²) in [4.78, 5) is 30.6. The van der Waals surface area contributed by atoms with Crippen LogP contribution in [0.15, 0.2) is 48.8 Å². The SMILES string of the molecule is O=C(NCc1ccncc1)C1CCN(C(=O)c2ccccc2Cl)CC1. The summed E-state index contributed by atoms with van der Waals surface area (Å²) in [7, 11) is 0. The van der Waals surface area contributed by atoms with Crippen LogP contribution in [0, 0.1) is 5.92 Å². The molecule has 1 aromatic carbocycles. The van der Waals surface area contributed by atoms with Crippen molar-refractivity contribution in [3.05, 3.63) is 64.9 Å². The topological polar surface area (TPSA) is 62.3 Å². The van der Waals surface area contributed by atoms with Gasteiger partial charge in [0.2, 0.25) is 5.91 Å². The molecule has 0 saturated carbocycles. The Hall–Kier alpha value is -2.40. The predicted octanol–water partition coefficient (Wildman–Crippen LogP) is 2.90. The number of piperidine rings is 1. The van der Waals surface area contributed by atoms with Crippen molar-refractivity contribution in [2.75, 3.05) is 13.1 Å². The molecule has 2 amide bonds. The van der Waals surface area contributed by atoms with Gasteiger partial charge in [-0.05, 0) is 42.7 Å². The van der Waals surface area contributed by atoms with Crippen molar-refractivity contribution in [1.29, 1.82) is 0 Å². The molecule has 1 fully saturated rings. The number of pyridine rings is 1. The van der Waals surface area contributed by atoms with E-state index in [4.69, 9.17) is 11.6 Å². The van der Waals surface area contributed by atoms with Crippen molar-refractivity contribution < 1.29 is 9.59 Å². The number of carbonyl (C=O) groups excluding carboxylic acids is 2. The Kier molecular flexibility index (Phi) is 5.66. The lowest BCUT2D eigenvalue weighted by atomic mass is 9.95. The lowest BCUT2D eigenvalue weighted by molar-refractivity contribution is -0.126. The van der Waals surface area contributed by atoms with Gasteiger partial charge in [-0.2, -0.15) is 0 Å². The minimum absolute atomic E-state index is 0.0432. The number of halogens is 1. The molecule has 0 aliphatic carbocycles. The molecule has 0 spiro atoms. The van der Waals surface area contributed by atoms with Gasteiger partial charge in [-0.3, -0.25) is 14.6 Å². The fourth-order valence-corrected chi connectivity index (χ4v) is 3.20. The lowest BCUT2D eigenvalue weighted by Crippen LogP contribution is -2.43. The Morgan fingerprint density at radius 2 is 1.80 bits per heavy atom. The first-order chi connectivity index (χ1) is 12.1. The molecule has 0 unspecified atom stereocenters. The van der Waals surface area contributed by atoms with E-state index in [1.165, 1.54) is 0 Å². The molecule has 130 valence electrons. The first-order valence-electron chi connectivity index (χ1n) is 8.35. The van der Waals surface area contributed by atoms with E-state index in [-0.39, 0.29) is 17.7 Å². The second-order valence-electron chi connectivity index (χ2n) is 6.12. The highest BCUT2D eigenvalue weighted by atomic mass is 35.5. The third kappa shape index (κ3) is 4.37. The van der Waals surface area contributed by atoms with Gasteiger partial charge in [-0.1, -0.05) is 23.7 Å².